The monoisotopic (exact) mass is 230 g/mol. The molecule has 0 radical (unpaired) electrons. The van der Waals surface area contributed by atoms with Crippen molar-refractivity contribution in [3.63, 3.8) is 0 Å². The summed E-state index contributed by atoms with van der Waals surface area (Å²) in [4.78, 5) is 0. The van der Waals surface area contributed by atoms with E-state index in [0.717, 1.165) is 0 Å². The number of nitrogens with one attached hydrogen (secondary N) is 1. The van der Waals surface area contributed by atoms with Crippen LogP contribution in [0.3, 0.4) is 0 Å². The molecule has 0 spiro atoms. The number of hydrogen-bond acceptors (Lipinski definition) is 6. The van der Waals surface area contributed by atoms with Crippen LogP contribution in [-0.2, 0) is 25.4 Å². The summed E-state index contributed by atoms with van der Waals surface area (Å²) in [5.74, 6) is -0.291. The molecule has 0 aromatic carbocycles. The molecule has 8 heteroatoms. The van der Waals surface area contributed by atoms with Gasteiger partial charge in [0.2, 0.25) is 0 Å². The van der Waals surface area contributed by atoms with E-state index < -0.39 is 21.2 Å². The van der Waals surface area contributed by atoms with Crippen molar-refractivity contribution < 1.29 is 21.4 Å². The molecular weight excluding hydrogens is 218 g/mol. The van der Waals surface area contributed by atoms with Crippen molar-refractivity contribution >= 4 is 21.2 Å². The van der Waals surface area contributed by atoms with Gasteiger partial charge in [-0.1, -0.05) is 0 Å². The summed E-state index contributed by atoms with van der Waals surface area (Å²) in [6.45, 7) is 0.0327. The van der Waals surface area contributed by atoms with Gasteiger partial charge in [-0.2, -0.15) is 0 Å². The maximum Gasteiger partial charge on any atom is 0.153 e. The van der Waals surface area contributed by atoms with Gasteiger partial charge in [0, 0.05) is 6.54 Å². The van der Waals surface area contributed by atoms with Gasteiger partial charge in [0.05, 0.1) is 29.5 Å². The van der Waals surface area contributed by atoms with Crippen molar-refractivity contribution in [3.05, 3.63) is 0 Å². The Morgan fingerprint density at radius 1 is 1.46 bits per heavy atom. The van der Waals surface area contributed by atoms with Gasteiger partial charge in [0.15, 0.2) is 9.84 Å². The summed E-state index contributed by atoms with van der Waals surface area (Å²) in [6.07, 6.45) is 0. The van der Waals surface area contributed by atoms with Crippen LogP contribution in [0, 0.1) is 0 Å². The molecule has 80 valence electrons. The summed E-state index contributed by atoms with van der Waals surface area (Å²) < 4.78 is 45.9. The van der Waals surface area contributed by atoms with Crippen LogP contribution in [-0.4, -0.2) is 48.9 Å². The quantitative estimate of drug-likeness (QED) is 0.531. The standard InChI is InChI=1S/C5H13NO5S2/c1-6-2-4-13(9,10)5-3-11-12(7)8/h6H,2-5H2,1H3,(H,7,8)/p-1. The topological polar surface area (TPSA) is 95.5 Å². The average molecular weight is 230 g/mol. The Morgan fingerprint density at radius 2 is 2.08 bits per heavy atom. The largest absolute Gasteiger partial charge is 0.750 e. The van der Waals surface area contributed by atoms with E-state index in [9.17, 15) is 17.2 Å². The van der Waals surface area contributed by atoms with E-state index in [1.165, 1.54) is 0 Å². The van der Waals surface area contributed by atoms with E-state index in [1.807, 2.05) is 0 Å². The summed E-state index contributed by atoms with van der Waals surface area (Å²) in [6, 6.07) is 0. The first-order valence-corrected chi connectivity index (χ1v) is 6.37. The predicted octanol–water partition coefficient (Wildman–Crippen LogP) is -1.57. The van der Waals surface area contributed by atoms with Gasteiger partial charge in [0.1, 0.15) is 0 Å². The molecular formula is C5H12NO5S2-. The van der Waals surface area contributed by atoms with Crippen LogP contribution in [0.4, 0.5) is 0 Å². The van der Waals surface area contributed by atoms with Crippen LogP contribution in [0.15, 0.2) is 0 Å². The van der Waals surface area contributed by atoms with Crippen LogP contribution >= 0.6 is 0 Å². The molecule has 0 bridgehead atoms. The highest BCUT2D eigenvalue weighted by Crippen LogP contribution is 1.90. The first-order valence-electron chi connectivity index (χ1n) is 3.55. The molecule has 6 nitrogen and oxygen atoms in total. The molecule has 0 fully saturated rings. The van der Waals surface area contributed by atoms with E-state index in [1.54, 1.807) is 7.05 Å². The first kappa shape index (κ1) is 13.0. The Morgan fingerprint density at radius 3 is 2.54 bits per heavy atom. The maximum atomic E-state index is 11.0. The van der Waals surface area contributed by atoms with E-state index in [2.05, 4.69) is 9.50 Å². The van der Waals surface area contributed by atoms with Crippen molar-refractivity contribution in [2.75, 3.05) is 31.7 Å². The Hall–Kier alpha value is -0.0200. The van der Waals surface area contributed by atoms with Crippen LogP contribution in [0.2, 0.25) is 0 Å². The summed E-state index contributed by atoms with van der Waals surface area (Å²) in [5, 5.41) is 2.68. The third kappa shape index (κ3) is 8.31. The van der Waals surface area contributed by atoms with E-state index in [0.29, 0.717) is 6.54 Å². The lowest BCUT2D eigenvalue weighted by Crippen LogP contribution is -2.23. The van der Waals surface area contributed by atoms with Crippen LogP contribution in [0.25, 0.3) is 0 Å². The predicted molar refractivity (Wildman–Crippen MR) is 47.5 cm³/mol. The smallest absolute Gasteiger partial charge is 0.153 e. The highest BCUT2D eigenvalue weighted by molar-refractivity contribution is 7.91. The third-order valence-corrected chi connectivity index (χ3v) is 3.21. The Labute approximate surface area is 80.1 Å². The molecule has 13 heavy (non-hydrogen) atoms. The van der Waals surface area contributed by atoms with Crippen molar-refractivity contribution in [2.24, 2.45) is 0 Å². The van der Waals surface area contributed by atoms with Gasteiger partial charge in [-0.25, -0.2) is 12.6 Å². The van der Waals surface area contributed by atoms with E-state index >= 15 is 0 Å². The zero-order valence-corrected chi connectivity index (χ0v) is 8.82. The van der Waals surface area contributed by atoms with Crippen LogP contribution < -0.4 is 5.32 Å². The lowest BCUT2D eigenvalue weighted by atomic mass is 10.8. The normalized spacial score (nSPS) is 14.3. The molecule has 0 rings (SSSR count). The summed E-state index contributed by atoms with van der Waals surface area (Å²) in [7, 11) is -1.56. The summed E-state index contributed by atoms with van der Waals surface area (Å²) in [5.41, 5.74) is 0. The fourth-order valence-electron chi connectivity index (χ4n) is 0.589. The second kappa shape index (κ2) is 6.44. The first-order chi connectivity index (χ1) is 5.98. The van der Waals surface area contributed by atoms with Crippen LogP contribution in [0.5, 0.6) is 0 Å². The fraction of sp³-hybridized carbons (Fsp3) is 1.00. The summed E-state index contributed by atoms with van der Waals surface area (Å²) >= 11 is -2.64. The molecule has 0 heterocycles. The highest BCUT2D eigenvalue weighted by atomic mass is 32.2. The number of rotatable bonds is 7. The zero-order valence-electron chi connectivity index (χ0n) is 7.19. The third-order valence-electron chi connectivity index (χ3n) is 1.24. The lowest BCUT2D eigenvalue weighted by molar-refractivity contribution is 0.318. The van der Waals surface area contributed by atoms with Gasteiger partial charge in [0.25, 0.3) is 0 Å². The molecule has 0 amide bonds. The van der Waals surface area contributed by atoms with Crippen molar-refractivity contribution in [2.45, 2.75) is 0 Å². The highest BCUT2D eigenvalue weighted by Gasteiger charge is 2.09. The second-order valence-electron chi connectivity index (χ2n) is 2.28. The zero-order chi connectivity index (χ0) is 10.3. The Bertz CT molecular complexity index is 250. The van der Waals surface area contributed by atoms with Gasteiger partial charge in [-0.05, 0) is 7.05 Å². The molecule has 0 aliphatic heterocycles. The van der Waals surface area contributed by atoms with Crippen molar-refractivity contribution in [1.29, 1.82) is 0 Å². The molecule has 0 aromatic heterocycles. The van der Waals surface area contributed by atoms with Crippen molar-refractivity contribution in [3.8, 4) is 0 Å². The molecule has 1 N–H and O–H groups in total. The van der Waals surface area contributed by atoms with Crippen LogP contribution in [0.1, 0.15) is 0 Å². The molecule has 0 saturated carbocycles. The van der Waals surface area contributed by atoms with Gasteiger partial charge in [-0.15, -0.1) is 0 Å². The van der Waals surface area contributed by atoms with Crippen molar-refractivity contribution in [1.82, 2.24) is 5.32 Å². The van der Waals surface area contributed by atoms with Gasteiger partial charge < -0.3 is 9.87 Å². The van der Waals surface area contributed by atoms with Gasteiger partial charge in [-0.3, -0.25) is 4.18 Å². The van der Waals surface area contributed by atoms with E-state index in [-0.39, 0.29) is 18.1 Å². The molecule has 1 atom stereocenters. The van der Waals surface area contributed by atoms with E-state index in [4.69, 9.17) is 0 Å². The number of sulfone groups is 1. The van der Waals surface area contributed by atoms with Gasteiger partial charge >= 0.3 is 0 Å². The maximum absolute atomic E-state index is 11.0. The minimum Gasteiger partial charge on any atom is -0.750 e. The number of hydrogen-bond donors (Lipinski definition) is 1. The minimum absolute atomic E-state index is 0.0155. The Kier molecular flexibility index (Phi) is 6.43. The SMILES string of the molecule is CNCCS(=O)(=O)CCOS(=O)[O-]. The molecule has 1 unspecified atom stereocenters. The second-order valence-corrected chi connectivity index (χ2v) is 5.23. The molecule has 0 aliphatic carbocycles. The fourth-order valence-corrected chi connectivity index (χ4v) is 1.97. The molecule has 0 aliphatic rings. The molecule has 0 aromatic rings. The minimum atomic E-state index is -3.20. The molecule has 0 saturated heterocycles. The lowest BCUT2D eigenvalue weighted by Gasteiger charge is -2.06. The Balaban J connectivity index is 3.70. The average Bonchev–Trinajstić information content (AvgIpc) is 2.00.